The van der Waals surface area contributed by atoms with Gasteiger partial charge in [-0.25, -0.2) is 0 Å². The number of nitrogens with one attached hydrogen (secondary N) is 2. The van der Waals surface area contributed by atoms with Gasteiger partial charge < -0.3 is 16.5 Å². The van der Waals surface area contributed by atoms with Crippen molar-refractivity contribution >= 4 is 17.0 Å². The molecule has 0 radical (unpaired) electrons. The highest BCUT2D eigenvalue weighted by Gasteiger charge is 2.13. The standard InChI is InChI=1S/C16H19N5O/c17-12(7-6-10-4-2-1-3-5-10)8-11-9-19-14-13(11)15(22)21-16(18)20-14/h1-5,9,12H,6-8,17H2,(H4,18,19,20,21,22). The lowest BCUT2D eigenvalue weighted by atomic mass is 10.00. The summed E-state index contributed by atoms with van der Waals surface area (Å²) in [6.07, 6.45) is 4.19. The Labute approximate surface area is 127 Å². The van der Waals surface area contributed by atoms with Crippen LogP contribution in [0.1, 0.15) is 17.5 Å². The predicted octanol–water partition coefficient (Wildman–Crippen LogP) is 1.34. The summed E-state index contributed by atoms with van der Waals surface area (Å²) in [5.74, 6) is 0.110. The van der Waals surface area contributed by atoms with Crippen LogP contribution in [0, 0.1) is 0 Å². The lowest BCUT2D eigenvalue weighted by molar-refractivity contribution is 0.612. The van der Waals surface area contributed by atoms with Gasteiger partial charge >= 0.3 is 0 Å². The molecular weight excluding hydrogens is 278 g/mol. The van der Waals surface area contributed by atoms with Crippen LogP contribution in [0.3, 0.4) is 0 Å². The molecule has 0 fully saturated rings. The number of aromatic nitrogens is 3. The number of nitrogen functional groups attached to an aromatic ring is 1. The van der Waals surface area contributed by atoms with E-state index in [1.54, 1.807) is 6.20 Å². The van der Waals surface area contributed by atoms with Crippen LogP contribution in [0.25, 0.3) is 11.0 Å². The summed E-state index contributed by atoms with van der Waals surface area (Å²) in [5.41, 5.74) is 14.2. The molecule has 1 aromatic carbocycles. The fourth-order valence-corrected chi connectivity index (χ4v) is 2.66. The molecule has 1 atom stereocenters. The molecular formula is C16H19N5O. The average molecular weight is 297 g/mol. The van der Waals surface area contributed by atoms with Crippen molar-refractivity contribution in [2.45, 2.75) is 25.3 Å². The van der Waals surface area contributed by atoms with Gasteiger partial charge in [0.15, 0.2) is 0 Å². The monoisotopic (exact) mass is 297 g/mol. The predicted molar refractivity (Wildman–Crippen MR) is 87.6 cm³/mol. The number of anilines is 1. The first-order valence-electron chi connectivity index (χ1n) is 7.28. The third-order valence-corrected chi connectivity index (χ3v) is 3.77. The number of H-pyrrole nitrogens is 2. The first kappa shape index (κ1) is 14.3. The lowest BCUT2D eigenvalue weighted by Crippen LogP contribution is -2.24. The van der Waals surface area contributed by atoms with Gasteiger partial charge in [-0.2, -0.15) is 4.98 Å². The Hall–Kier alpha value is -2.60. The van der Waals surface area contributed by atoms with E-state index in [9.17, 15) is 4.79 Å². The highest BCUT2D eigenvalue weighted by atomic mass is 16.1. The minimum absolute atomic E-state index is 0.0174. The van der Waals surface area contributed by atoms with E-state index in [-0.39, 0.29) is 17.5 Å². The van der Waals surface area contributed by atoms with Gasteiger partial charge in [0.05, 0.1) is 5.39 Å². The molecule has 1 unspecified atom stereocenters. The number of nitrogens with zero attached hydrogens (tertiary/aromatic N) is 1. The van der Waals surface area contributed by atoms with E-state index in [4.69, 9.17) is 11.5 Å². The summed E-state index contributed by atoms with van der Waals surface area (Å²) in [6.45, 7) is 0. The minimum atomic E-state index is -0.228. The van der Waals surface area contributed by atoms with E-state index >= 15 is 0 Å². The first-order chi connectivity index (χ1) is 10.6. The van der Waals surface area contributed by atoms with Crippen LogP contribution in [0.5, 0.6) is 0 Å². The van der Waals surface area contributed by atoms with Crippen LogP contribution in [-0.4, -0.2) is 21.0 Å². The number of nitrogens with two attached hydrogens (primary N) is 2. The van der Waals surface area contributed by atoms with Crippen molar-refractivity contribution in [1.29, 1.82) is 0 Å². The Kier molecular flexibility index (Phi) is 3.93. The van der Waals surface area contributed by atoms with Crippen LogP contribution in [0.2, 0.25) is 0 Å². The minimum Gasteiger partial charge on any atom is -0.369 e. The summed E-state index contributed by atoms with van der Waals surface area (Å²) in [7, 11) is 0. The largest absolute Gasteiger partial charge is 0.369 e. The van der Waals surface area contributed by atoms with Crippen molar-refractivity contribution in [1.82, 2.24) is 15.0 Å². The molecule has 0 bridgehead atoms. The quantitative estimate of drug-likeness (QED) is 0.569. The third kappa shape index (κ3) is 3.01. The Morgan fingerprint density at radius 1 is 1.23 bits per heavy atom. The Bertz CT molecular complexity index is 821. The summed E-state index contributed by atoms with van der Waals surface area (Å²) >= 11 is 0. The van der Waals surface area contributed by atoms with Crippen LogP contribution >= 0.6 is 0 Å². The van der Waals surface area contributed by atoms with Gasteiger partial charge in [-0.3, -0.25) is 9.78 Å². The molecule has 0 spiro atoms. The van der Waals surface area contributed by atoms with Gasteiger partial charge in [0, 0.05) is 12.2 Å². The molecule has 0 saturated carbocycles. The van der Waals surface area contributed by atoms with Gasteiger partial charge in [0.2, 0.25) is 5.95 Å². The normalized spacial score (nSPS) is 12.6. The molecule has 114 valence electrons. The van der Waals surface area contributed by atoms with Gasteiger partial charge in [-0.1, -0.05) is 30.3 Å². The number of fused-ring (bicyclic) bond motifs is 1. The maximum Gasteiger partial charge on any atom is 0.262 e. The second kappa shape index (κ2) is 6.03. The molecule has 0 saturated heterocycles. The van der Waals surface area contributed by atoms with Crippen LogP contribution in [0.4, 0.5) is 5.95 Å². The van der Waals surface area contributed by atoms with E-state index in [2.05, 4.69) is 27.1 Å². The second-order valence-electron chi connectivity index (χ2n) is 5.48. The Morgan fingerprint density at radius 2 is 2.00 bits per heavy atom. The topological polar surface area (TPSA) is 114 Å². The molecule has 0 aliphatic rings. The summed E-state index contributed by atoms with van der Waals surface area (Å²) < 4.78 is 0. The molecule has 6 heteroatoms. The Balaban J connectivity index is 1.72. The number of benzene rings is 1. The second-order valence-corrected chi connectivity index (χ2v) is 5.48. The SMILES string of the molecule is Nc1nc2[nH]cc(CC(N)CCc3ccccc3)c2c(=O)[nH]1. The van der Waals surface area contributed by atoms with Crippen molar-refractivity contribution < 1.29 is 0 Å². The summed E-state index contributed by atoms with van der Waals surface area (Å²) in [5, 5.41) is 0.546. The molecule has 0 amide bonds. The maximum absolute atomic E-state index is 12.0. The maximum atomic E-state index is 12.0. The van der Waals surface area contributed by atoms with Crippen molar-refractivity contribution in [2.24, 2.45) is 5.73 Å². The number of hydrogen-bond acceptors (Lipinski definition) is 4. The third-order valence-electron chi connectivity index (χ3n) is 3.77. The fraction of sp³-hybridized carbons (Fsp3) is 0.250. The first-order valence-corrected chi connectivity index (χ1v) is 7.28. The van der Waals surface area contributed by atoms with Crippen molar-refractivity contribution in [2.75, 3.05) is 5.73 Å². The molecule has 22 heavy (non-hydrogen) atoms. The highest BCUT2D eigenvalue weighted by Crippen LogP contribution is 2.15. The summed E-state index contributed by atoms with van der Waals surface area (Å²) in [4.78, 5) is 21.6. The van der Waals surface area contributed by atoms with Gasteiger partial charge in [0.1, 0.15) is 5.65 Å². The van der Waals surface area contributed by atoms with Gasteiger partial charge in [-0.15, -0.1) is 0 Å². The van der Waals surface area contributed by atoms with Crippen LogP contribution in [0.15, 0.2) is 41.3 Å². The smallest absolute Gasteiger partial charge is 0.262 e. The zero-order chi connectivity index (χ0) is 15.5. The van der Waals surface area contributed by atoms with Crippen LogP contribution < -0.4 is 17.0 Å². The molecule has 3 aromatic rings. The number of aryl methyl sites for hydroxylation is 1. The molecule has 0 aliphatic heterocycles. The van der Waals surface area contributed by atoms with Crippen molar-refractivity contribution in [3.05, 3.63) is 58.0 Å². The molecule has 2 heterocycles. The number of hydrogen-bond donors (Lipinski definition) is 4. The van der Waals surface area contributed by atoms with E-state index in [0.29, 0.717) is 17.5 Å². The van der Waals surface area contributed by atoms with Crippen molar-refractivity contribution in [3.63, 3.8) is 0 Å². The van der Waals surface area contributed by atoms with E-state index in [1.807, 2.05) is 18.2 Å². The zero-order valence-corrected chi connectivity index (χ0v) is 12.2. The van der Waals surface area contributed by atoms with Crippen molar-refractivity contribution in [3.8, 4) is 0 Å². The molecule has 6 nitrogen and oxygen atoms in total. The zero-order valence-electron chi connectivity index (χ0n) is 12.2. The summed E-state index contributed by atoms with van der Waals surface area (Å²) in [6, 6.07) is 10.2. The molecule has 3 rings (SSSR count). The molecule has 0 aliphatic carbocycles. The van der Waals surface area contributed by atoms with E-state index in [0.717, 1.165) is 18.4 Å². The average Bonchev–Trinajstić information content (AvgIpc) is 2.89. The van der Waals surface area contributed by atoms with Gasteiger partial charge in [0.25, 0.3) is 5.56 Å². The Morgan fingerprint density at radius 3 is 2.77 bits per heavy atom. The number of rotatable bonds is 5. The molecule has 6 N–H and O–H groups in total. The lowest BCUT2D eigenvalue weighted by Gasteiger charge is -2.10. The van der Waals surface area contributed by atoms with Gasteiger partial charge in [-0.05, 0) is 30.4 Å². The molecule has 2 aromatic heterocycles. The highest BCUT2D eigenvalue weighted by molar-refractivity contribution is 5.79. The van der Waals surface area contributed by atoms with Crippen LogP contribution in [-0.2, 0) is 12.8 Å². The fourth-order valence-electron chi connectivity index (χ4n) is 2.66. The van der Waals surface area contributed by atoms with E-state index in [1.165, 1.54) is 5.56 Å². The number of aromatic amines is 2. The van der Waals surface area contributed by atoms with E-state index < -0.39 is 0 Å².